The van der Waals surface area contributed by atoms with Crippen molar-refractivity contribution in [2.45, 2.75) is 43.2 Å². The molecule has 2 aliphatic rings. The molecule has 0 atom stereocenters. The van der Waals surface area contributed by atoms with Crippen LogP contribution in [0.25, 0.3) is 0 Å². The molecule has 0 amide bonds. The van der Waals surface area contributed by atoms with Crippen molar-refractivity contribution < 1.29 is 62.2 Å². The van der Waals surface area contributed by atoms with Crippen molar-refractivity contribution in [3.63, 3.8) is 0 Å². The molecule has 0 spiro atoms. The van der Waals surface area contributed by atoms with Crippen LogP contribution in [-0.2, 0) is 30.9 Å². The fourth-order valence-corrected chi connectivity index (χ4v) is 7.00. The molecule has 0 aromatic heterocycles. The molecular weight excluding hydrogens is 784 g/mol. The minimum absolute atomic E-state index is 0.269. The predicted molar refractivity (Wildman–Crippen MR) is 185 cm³/mol. The quantitative estimate of drug-likeness (QED) is 0.156. The van der Waals surface area contributed by atoms with E-state index in [-0.39, 0.29) is 13.1 Å². The number of nitrogens with one attached hydrogen (secondary N) is 2. The Kier molecular flexibility index (Phi) is 12.1. The first-order valence-electron chi connectivity index (χ1n) is 17.7. The van der Waals surface area contributed by atoms with Gasteiger partial charge < -0.3 is 20.1 Å². The van der Waals surface area contributed by atoms with Crippen molar-refractivity contribution in [1.29, 1.82) is 0 Å². The lowest BCUT2D eigenvalue weighted by molar-refractivity contribution is -0.288. The van der Waals surface area contributed by atoms with Gasteiger partial charge in [-0.25, -0.2) is 0 Å². The molecule has 0 unspecified atom stereocenters. The topological polar surface area (TPSA) is 49.0 Å². The van der Waals surface area contributed by atoms with Crippen molar-refractivity contribution in [2.75, 3.05) is 52.4 Å². The van der Waals surface area contributed by atoms with E-state index in [1.807, 2.05) is 9.80 Å². The van der Waals surface area contributed by atoms with Gasteiger partial charge in [-0.15, -0.1) is 0 Å². The summed E-state index contributed by atoms with van der Waals surface area (Å²) in [7, 11) is 0. The first-order chi connectivity index (χ1) is 26.8. The molecule has 0 bridgehead atoms. The Bertz CT molecular complexity index is 1820. The number of halogens is 12. The maximum absolute atomic E-state index is 14.9. The second-order valence-corrected chi connectivity index (χ2v) is 13.7. The van der Waals surface area contributed by atoms with E-state index in [0.717, 1.165) is 24.3 Å². The first-order valence-corrected chi connectivity index (χ1v) is 17.7. The summed E-state index contributed by atoms with van der Waals surface area (Å²) in [4.78, 5) is 3.97. The van der Waals surface area contributed by atoms with Crippen LogP contribution in [0.5, 0.6) is 23.0 Å². The summed E-state index contributed by atoms with van der Waals surface area (Å²) in [5.74, 6) is -2.32. The van der Waals surface area contributed by atoms with Crippen molar-refractivity contribution in [3.8, 4) is 23.0 Å². The average Bonchev–Trinajstić information content (AvgIpc) is 3.12. The Morgan fingerprint density at radius 1 is 0.456 bits per heavy atom. The zero-order chi connectivity index (χ0) is 41.2. The zero-order valence-corrected chi connectivity index (χ0v) is 29.9. The SMILES string of the molecule is FC(F)(F)c1ccc(CN2CCNCC2)cc1Oc1ccc(C(c2ccc(Oc3cc(CN4CCNCC4)ccc3C(F)(F)F)cc2)(C(F)(F)F)C(F)(F)F)cc1. The molecular formula is C39H36F12N4O2. The van der Waals surface area contributed by atoms with Crippen LogP contribution in [0.2, 0.25) is 0 Å². The Hall–Kier alpha value is -4.52. The van der Waals surface area contributed by atoms with Gasteiger partial charge in [0.2, 0.25) is 5.41 Å². The van der Waals surface area contributed by atoms with Crippen molar-refractivity contribution >= 4 is 0 Å². The third kappa shape index (κ3) is 9.45. The number of rotatable bonds is 10. The lowest BCUT2D eigenvalue weighted by Crippen LogP contribution is -2.54. The molecule has 2 aliphatic heterocycles. The monoisotopic (exact) mass is 820 g/mol. The van der Waals surface area contributed by atoms with Crippen molar-refractivity contribution in [2.24, 2.45) is 0 Å². The summed E-state index contributed by atoms with van der Waals surface area (Å²) in [5.41, 5.74) is -8.89. The molecule has 2 heterocycles. The van der Waals surface area contributed by atoms with Crippen LogP contribution in [0, 0.1) is 0 Å². The van der Waals surface area contributed by atoms with Crippen LogP contribution in [0.1, 0.15) is 33.4 Å². The van der Waals surface area contributed by atoms with E-state index in [9.17, 15) is 52.7 Å². The van der Waals surface area contributed by atoms with Crippen LogP contribution < -0.4 is 20.1 Å². The van der Waals surface area contributed by atoms with Gasteiger partial charge in [-0.2, -0.15) is 52.7 Å². The lowest BCUT2D eigenvalue weighted by Gasteiger charge is -2.38. The number of nitrogens with zero attached hydrogens (tertiary/aromatic N) is 2. The first kappa shape index (κ1) is 42.1. The van der Waals surface area contributed by atoms with Gasteiger partial charge in [0.1, 0.15) is 23.0 Å². The van der Waals surface area contributed by atoms with Gasteiger partial charge in [0.25, 0.3) is 0 Å². The van der Waals surface area contributed by atoms with Crippen LogP contribution in [-0.4, -0.2) is 74.5 Å². The van der Waals surface area contributed by atoms with E-state index in [1.54, 1.807) is 0 Å². The smallest absolute Gasteiger partial charge is 0.419 e. The third-order valence-corrected chi connectivity index (χ3v) is 9.82. The van der Waals surface area contributed by atoms with Gasteiger partial charge in [-0.1, -0.05) is 36.4 Å². The lowest BCUT2D eigenvalue weighted by atomic mass is 9.73. The molecule has 0 aliphatic carbocycles. The van der Waals surface area contributed by atoms with Crippen molar-refractivity contribution in [3.05, 3.63) is 118 Å². The summed E-state index contributed by atoms with van der Waals surface area (Å²) in [6.07, 6.45) is -21.9. The number of ether oxygens (including phenoxy) is 2. The maximum atomic E-state index is 14.9. The second kappa shape index (κ2) is 16.4. The van der Waals surface area contributed by atoms with Crippen LogP contribution >= 0.6 is 0 Å². The Balaban J connectivity index is 1.30. The number of hydrogen-bond donors (Lipinski definition) is 2. The molecule has 6 rings (SSSR count). The Morgan fingerprint density at radius 3 is 1.09 bits per heavy atom. The van der Waals surface area contributed by atoms with Crippen LogP contribution in [0.3, 0.4) is 0 Å². The summed E-state index contributed by atoms with van der Waals surface area (Å²) in [6, 6.07) is 11.0. The number of benzene rings is 4. The molecule has 4 aromatic carbocycles. The molecule has 18 heteroatoms. The summed E-state index contributed by atoms with van der Waals surface area (Å²) in [6.45, 7) is 5.70. The molecule has 57 heavy (non-hydrogen) atoms. The predicted octanol–water partition coefficient (Wildman–Crippen LogP) is 9.53. The fraction of sp³-hybridized carbons (Fsp3) is 0.385. The fourth-order valence-electron chi connectivity index (χ4n) is 7.00. The summed E-state index contributed by atoms with van der Waals surface area (Å²) in [5, 5.41) is 6.30. The standard InChI is InChI=1S/C39H36F12N4O2/c40-36(41,42)31-11-1-25(23-54-17-13-52-14-18-54)21-33(31)56-29-7-3-27(4-8-29)35(38(46,47)48,39(49,50)51)28-5-9-30(10-6-28)57-34-22-26(2-12-32(34)37(43,44)45)24-55-19-15-53-16-20-55/h1-12,21-22,52-53H,13-20,23-24H2. The Labute approximate surface area is 319 Å². The molecule has 0 saturated carbocycles. The summed E-state index contributed by atoms with van der Waals surface area (Å²) < 4.78 is 184. The zero-order valence-electron chi connectivity index (χ0n) is 29.9. The molecule has 2 fully saturated rings. The molecule has 2 saturated heterocycles. The van der Waals surface area contributed by atoms with Gasteiger partial charge in [0.05, 0.1) is 11.1 Å². The number of piperazine rings is 2. The third-order valence-electron chi connectivity index (χ3n) is 9.82. The van der Waals surface area contributed by atoms with Gasteiger partial charge in [0.15, 0.2) is 0 Å². The van der Waals surface area contributed by atoms with E-state index in [0.29, 0.717) is 112 Å². The minimum atomic E-state index is -6.04. The van der Waals surface area contributed by atoms with Crippen LogP contribution in [0.15, 0.2) is 84.9 Å². The molecule has 2 N–H and O–H groups in total. The van der Waals surface area contributed by atoms with E-state index < -0.39 is 75.4 Å². The van der Waals surface area contributed by atoms with E-state index in [2.05, 4.69) is 10.6 Å². The second-order valence-electron chi connectivity index (χ2n) is 13.7. The largest absolute Gasteiger partial charge is 0.457 e. The van der Waals surface area contributed by atoms with E-state index in [4.69, 9.17) is 9.47 Å². The van der Waals surface area contributed by atoms with Gasteiger partial charge in [-0.05, 0) is 70.8 Å². The molecule has 308 valence electrons. The van der Waals surface area contributed by atoms with E-state index >= 15 is 0 Å². The highest BCUT2D eigenvalue weighted by molar-refractivity contribution is 5.50. The van der Waals surface area contributed by atoms with Crippen molar-refractivity contribution in [1.82, 2.24) is 20.4 Å². The maximum Gasteiger partial charge on any atom is 0.419 e. The van der Waals surface area contributed by atoms with Crippen LogP contribution in [0.4, 0.5) is 52.7 Å². The highest BCUT2D eigenvalue weighted by Crippen LogP contribution is 2.56. The van der Waals surface area contributed by atoms with Gasteiger partial charge in [0, 0.05) is 65.4 Å². The molecule has 4 aromatic rings. The number of hydrogen-bond acceptors (Lipinski definition) is 6. The normalized spacial score (nSPS) is 16.8. The Morgan fingerprint density at radius 2 is 0.789 bits per heavy atom. The highest BCUT2D eigenvalue weighted by atomic mass is 19.4. The average molecular weight is 821 g/mol. The molecule has 6 nitrogen and oxygen atoms in total. The number of alkyl halides is 12. The summed E-state index contributed by atoms with van der Waals surface area (Å²) >= 11 is 0. The minimum Gasteiger partial charge on any atom is -0.457 e. The highest BCUT2D eigenvalue weighted by Gasteiger charge is 2.72. The van der Waals surface area contributed by atoms with Gasteiger partial charge >= 0.3 is 24.7 Å². The van der Waals surface area contributed by atoms with Gasteiger partial charge in [-0.3, -0.25) is 9.80 Å². The van der Waals surface area contributed by atoms with E-state index in [1.165, 1.54) is 12.1 Å². The molecule has 0 radical (unpaired) electrons.